The molecule has 0 fully saturated rings. The lowest BCUT2D eigenvalue weighted by molar-refractivity contribution is -0.149. The number of aromatic nitrogens is 1. The number of carbonyl (C=O) groups is 1. The van der Waals surface area contributed by atoms with Crippen LogP contribution in [0.1, 0.15) is 25.0 Å². The minimum Gasteiger partial charge on any atom is -0.465 e. The molecule has 0 N–H and O–H groups in total. The van der Waals surface area contributed by atoms with Crippen LogP contribution in [0.2, 0.25) is 0 Å². The van der Waals surface area contributed by atoms with E-state index in [0.717, 1.165) is 21.9 Å². The molecule has 0 saturated heterocycles. The number of pyridine rings is 1. The summed E-state index contributed by atoms with van der Waals surface area (Å²) < 4.78 is 5.39. The molecule has 0 radical (unpaired) electrons. The molecule has 3 rings (SSSR count). The Kier molecular flexibility index (Phi) is 4.61. The Balaban J connectivity index is 2.06. The number of hydrogen-bond acceptors (Lipinski definition) is 3. The second-order valence-electron chi connectivity index (χ2n) is 6.15. The van der Waals surface area contributed by atoms with Crippen LogP contribution in [0.4, 0.5) is 0 Å². The Morgan fingerprint density at radius 1 is 1.04 bits per heavy atom. The van der Waals surface area contributed by atoms with Crippen LogP contribution in [0, 0.1) is 0 Å². The fourth-order valence-corrected chi connectivity index (χ4v) is 3.02. The van der Waals surface area contributed by atoms with Crippen LogP contribution in [0.3, 0.4) is 0 Å². The molecule has 0 aliphatic heterocycles. The van der Waals surface area contributed by atoms with Gasteiger partial charge < -0.3 is 4.74 Å². The summed E-state index contributed by atoms with van der Waals surface area (Å²) in [5.41, 5.74) is 1.30. The molecule has 1 atom stereocenters. The van der Waals surface area contributed by atoms with Crippen molar-refractivity contribution in [2.24, 2.45) is 0 Å². The number of rotatable bonds is 5. The molecule has 24 heavy (non-hydrogen) atoms. The predicted molar refractivity (Wildman–Crippen MR) is 95.9 cm³/mol. The highest BCUT2D eigenvalue weighted by atomic mass is 16.5. The molecule has 0 bridgehead atoms. The summed E-state index contributed by atoms with van der Waals surface area (Å²) in [4.78, 5) is 16.8. The molecule has 0 spiro atoms. The lowest BCUT2D eigenvalue weighted by Crippen LogP contribution is -2.36. The molecule has 3 nitrogen and oxygen atoms in total. The second kappa shape index (κ2) is 6.83. The third kappa shape index (κ3) is 3.16. The molecule has 1 heterocycles. The predicted octanol–water partition coefficient (Wildman–Crippen LogP) is 4.30. The van der Waals surface area contributed by atoms with E-state index in [1.165, 1.54) is 0 Å². The molecule has 3 heteroatoms. The topological polar surface area (TPSA) is 39.2 Å². The van der Waals surface area contributed by atoms with Crippen molar-refractivity contribution in [2.75, 3.05) is 6.61 Å². The van der Waals surface area contributed by atoms with Crippen molar-refractivity contribution in [1.82, 2.24) is 4.98 Å². The Hall–Kier alpha value is -2.68. The van der Waals surface area contributed by atoms with Crippen molar-refractivity contribution < 1.29 is 9.53 Å². The third-order valence-corrected chi connectivity index (χ3v) is 4.42. The third-order valence-electron chi connectivity index (χ3n) is 4.42. The van der Waals surface area contributed by atoms with Crippen molar-refractivity contribution in [3.05, 3.63) is 78.1 Å². The highest BCUT2D eigenvalue weighted by Crippen LogP contribution is 2.32. The number of ether oxygens (including phenoxy) is 1. The van der Waals surface area contributed by atoms with Gasteiger partial charge in [0.25, 0.3) is 0 Å². The van der Waals surface area contributed by atoms with Gasteiger partial charge in [-0.25, -0.2) is 0 Å². The zero-order valence-electron chi connectivity index (χ0n) is 14.0. The quantitative estimate of drug-likeness (QED) is 0.658. The molecule has 122 valence electrons. The lowest BCUT2D eigenvalue weighted by atomic mass is 9.77. The van der Waals surface area contributed by atoms with E-state index >= 15 is 0 Å². The van der Waals surface area contributed by atoms with Crippen LogP contribution in [-0.2, 0) is 21.4 Å². The molecule has 1 aromatic heterocycles. The first-order valence-electron chi connectivity index (χ1n) is 8.19. The maximum atomic E-state index is 12.8. The first-order chi connectivity index (χ1) is 11.6. The maximum absolute atomic E-state index is 12.8. The normalized spacial score (nSPS) is 13.4. The number of benzene rings is 2. The van der Waals surface area contributed by atoms with Crippen LogP contribution in [0.5, 0.6) is 0 Å². The molecular weight excluding hydrogens is 298 g/mol. The van der Waals surface area contributed by atoms with Crippen LogP contribution in [0.25, 0.3) is 10.8 Å². The summed E-state index contributed by atoms with van der Waals surface area (Å²) in [6.45, 7) is 4.17. The summed E-state index contributed by atoms with van der Waals surface area (Å²) >= 11 is 0. The Morgan fingerprint density at radius 2 is 1.75 bits per heavy atom. The molecule has 3 aromatic rings. The molecule has 0 aliphatic rings. The first kappa shape index (κ1) is 16.2. The second-order valence-corrected chi connectivity index (χ2v) is 6.15. The van der Waals surface area contributed by atoms with E-state index in [2.05, 4.69) is 29.2 Å². The molecular formula is C21H21NO2. The average Bonchev–Trinajstić information content (AvgIpc) is 2.62. The van der Waals surface area contributed by atoms with Crippen LogP contribution >= 0.6 is 0 Å². The highest BCUT2D eigenvalue weighted by Gasteiger charge is 2.37. The average molecular weight is 319 g/mol. The zero-order chi connectivity index (χ0) is 17.0. The smallest absolute Gasteiger partial charge is 0.316 e. The largest absolute Gasteiger partial charge is 0.465 e. The van der Waals surface area contributed by atoms with Crippen molar-refractivity contribution in [2.45, 2.75) is 25.7 Å². The van der Waals surface area contributed by atoms with Gasteiger partial charge >= 0.3 is 5.97 Å². The van der Waals surface area contributed by atoms with Gasteiger partial charge in [-0.05, 0) is 54.3 Å². The van der Waals surface area contributed by atoms with Crippen LogP contribution in [-0.4, -0.2) is 17.6 Å². The van der Waals surface area contributed by atoms with Crippen molar-refractivity contribution in [3.63, 3.8) is 0 Å². The highest BCUT2D eigenvalue weighted by molar-refractivity contribution is 5.88. The maximum Gasteiger partial charge on any atom is 0.316 e. The van der Waals surface area contributed by atoms with Gasteiger partial charge in [-0.3, -0.25) is 9.78 Å². The van der Waals surface area contributed by atoms with Gasteiger partial charge in [0.1, 0.15) is 0 Å². The van der Waals surface area contributed by atoms with E-state index in [0.29, 0.717) is 13.0 Å². The van der Waals surface area contributed by atoms with Gasteiger partial charge in [0.05, 0.1) is 12.0 Å². The standard InChI is InChI=1S/C21H21NO2/c1-3-24-20(23)21(2,15-16-10-12-22-13-11-16)19-9-8-17-6-4-5-7-18(17)14-19/h4-14H,3,15H2,1-2H3. The van der Waals surface area contributed by atoms with E-state index in [4.69, 9.17) is 4.74 Å². The van der Waals surface area contributed by atoms with Gasteiger partial charge in [-0.2, -0.15) is 0 Å². The minimum atomic E-state index is -0.735. The van der Waals surface area contributed by atoms with Crippen LogP contribution < -0.4 is 0 Å². The Labute approximate surface area is 142 Å². The number of hydrogen-bond donors (Lipinski definition) is 0. The van der Waals surface area contributed by atoms with E-state index in [1.54, 1.807) is 12.4 Å². The van der Waals surface area contributed by atoms with E-state index in [-0.39, 0.29) is 5.97 Å². The molecule has 0 amide bonds. The summed E-state index contributed by atoms with van der Waals surface area (Å²) in [6.07, 6.45) is 4.08. The van der Waals surface area contributed by atoms with Crippen LogP contribution in [0.15, 0.2) is 67.0 Å². The van der Waals surface area contributed by atoms with Gasteiger partial charge in [0.15, 0.2) is 0 Å². The molecule has 2 aromatic carbocycles. The Morgan fingerprint density at radius 3 is 2.46 bits per heavy atom. The summed E-state index contributed by atoms with van der Waals surface area (Å²) in [7, 11) is 0. The minimum absolute atomic E-state index is 0.197. The van der Waals surface area contributed by atoms with Crippen molar-refractivity contribution in [3.8, 4) is 0 Å². The van der Waals surface area contributed by atoms with Gasteiger partial charge in [0, 0.05) is 12.4 Å². The molecule has 0 saturated carbocycles. The number of esters is 1. The first-order valence-corrected chi connectivity index (χ1v) is 8.19. The zero-order valence-corrected chi connectivity index (χ0v) is 14.0. The fraction of sp³-hybridized carbons (Fsp3) is 0.238. The molecule has 1 unspecified atom stereocenters. The summed E-state index contributed by atoms with van der Waals surface area (Å²) in [5, 5.41) is 2.29. The van der Waals surface area contributed by atoms with E-state index in [1.807, 2.05) is 44.2 Å². The Bertz CT molecular complexity index is 845. The van der Waals surface area contributed by atoms with Crippen molar-refractivity contribution in [1.29, 1.82) is 0 Å². The van der Waals surface area contributed by atoms with E-state index in [9.17, 15) is 4.79 Å². The summed E-state index contributed by atoms with van der Waals surface area (Å²) in [5.74, 6) is -0.197. The van der Waals surface area contributed by atoms with Gasteiger partial charge in [-0.1, -0.05) is 42.5 Å². The van der Waals surface area contributed by atoms with Gasteiger partial charge in [-0.15, -0.1) is 0 Å². The fourth-order valence-electron chi connectivity index (χ4n) is 3.02. The SMILES string of the molecule is CCOC(=O)C(C)(Cc1ccncc1)c1ccc2ccccc2c1. The van der Waals surface area contributed by atoms with Crippen molar-refractivity contribution >= 4 is 16.7 Å². The number of carbonyl (C=O) groups excluding carboxylic acids is 1. The lowest BCUT2D eigenvalue weighted by Gasteiger charge is -2.28. The van der Waals surface area contributed by atoms with E-state index < -0.39 is 5.41 Å². The number of nitrogens with zero attached hydrogens (tertiary/aromatic N) is 1. The molecule has 0 aliphatic carbocycles. The van der Waals surface area contributed by atoms with Gasteiger partial charge in [0.2, 0.25) is 0 Å². The number of fused-ring (bicyclic) bond motifs is 1. The summed E-state index contributed by atoms with van der Waals surface area (Å²) in [6, 6.07) is 18.2. The monoisotopic (exact) mass is 319 g/mol.